The molecule has 1 nitrogen and oxygen atoms in total. The van der Waals surface area contributed by atoms with E-state index in [1.807, 2.05) is 0 Å². The van der Waals surface area contributed by atoms with Crippen molar-refractivity contribution in [3.8, 4) is 0 Å². The third-order valence-electron chi connectivity index (χ3n) is 8.75. The van der Waals surface area contributed by atoms with E-state index in [1.165, 1.54) is 32.1 Å². The van der Waals surface area contributed by atoms with Crippen LogP contribution in [0.3, 0.4) is 0 Å². The highest BCUT2D eigenvalue weighted by molar-refractivity contribution is 14.1. The lowest BCUT2D eigenvalue weighted by Crippen LogP contribution is -2.60. The van der Waals surface area contributed by atoms with Crippen molar-refractivity contribution in [1.82, 2.24) is 0 Å². The first-order chi connectivity index (χ1) is 9.88. The molecule has 0 saturated heterocycles. The van der Waals surface area contributed by atoms with Crippen molar-refractivity contribution in [3.63, 3.8) is 0 Å². The van der Waals surface area contributed by atoms with Crippen LogP contribution in [0, 0.1) is 39.9 Å². The number of allylic oxidation sites excluding steroid dienone is 2. The van der Waals surface area contributed by atoms with Crippen LogP contribution in [0.5, 0.6) is 0 Å². The van der Waals surface area contributed by atoms with E-state index in [2.05, 4.69) is 49.4 Å². The Labute approximate surface area is 141 Å². The van der Waals surface area contributed by atoms with Crippen LogP contribution in [0.2, 0.25) is 0 Å². The fourth-order valence-corrected chi connectivity index (χ4v) is 9.60. The molecule has 0 N–H and O–H groups in total. The minimum atomic E-state index is 0.0532. The summed E-state index contributed by atoms with van der Waals surface area (Å²) in [7, 11) is 0. The van der Waals surface area contributed by atoms with E-state index in [9.17, 15) is 4.79 Å². The van der Waals surface area contributed by atoms with Crippen molar-refractivity contribution < 1.29 is 4.79 Å². The normalized spacial score (nSPS) is 63.7. The van der Waals surface area contributed by atoms with Gasteiger partial charge in [0.25, 0.3) is 0 Å². The molecule has 21 heavy (non-hydrogen) atoms. The molecule has 0 aromatic heterocycles. The van der Waals surface area contributed by atoms with E-state index < -0.39 is 0 Å². The molecular weight excluding hydrogens is 371 g/mol. The molecule has 8 atom stereocenters. The van der Waals surface area contributed by atoms with Gasteiger partial charge in [-0.1, -0.05) is 48.1 Å². The van der Waals surface area contributed by atoms with Crippen molar-refractivity contribution in [2.45, 2.75) is 56.8 Å². The van der Waals surface area contributed by atoms with E-state index in [1.54, 1.807) is 5.57 Å². The number of halogens is 1. The molecule has 0 aromatic carbocycles. The number of carbonyl (C=O) groups is 1. The Kier molecular flexibility index (Phi) is 2.34. The minimum absolute atomic E-state index is 0.0532. The minimum Gasteiger partial charge on any atom is -0.299 e. The predicted octanol–water partition coefficient (Wildman–Crippen LogP) is 4.79. The molecule has 5 fully saturated rings. The summed E-state index contributed by atoms with van der Waals surface area (Å²) in [5.74, 6) is 3.27. The molecule has 0 heterocycles. The van der Waals surface area contributed by atoms with Gasteiger partial charge in [0.15, 0.2) is 0 Å². The third kappa shape index (κ3) is 1.17. The van der Waals surface area contributed by atoms with Gasteiger partial charge in [-0.3, -0.25) is 4.79 Å². The van der Waals surface area contributed by atoms with Crippen molar-refractivity contribution in [1.29, 1.82) is 0 Å². The fraction of sp³-hybridized carbons (Fsp3) is 0.842. The quantitative estimate of drug-likeness (QED) is 0.327. The van der Waals surface area contributed by atoms with Crippen LogP contribution in [0.1, 0.15) is 52.9 Å². The molecule has 6 aliphatic carbocycles. The maximum Gasteiger partial charge on any atom is 0.144 e. The average Bonchev–Trinajstić information content (AvgIpc) is 3.02. The van der Waals surface area contributed by atoms with Crippen molar-refractivity contribution >= 4 is 28.4 Å². The average molecular weight is 396 g/mol. The van der Waals surface area contributed by atoms with Crippen LogP contribution in [0.25, 0.3) is 0 Å². The van der Waals surface area contributed by atoms with Gasteiger partial charge < -0.3 is 0 Å². The Bertz CT molecular complexity index is 594. The zero-order valence-corrected chi connectivity index (χ0v) is 15.4. The lowest BCUT2D eigenvalue weighted by Gasteiger charge is -2.62. The highest BCUT2D eigenvalue weighted by atomic mass is 127. The molecule has 1 spiro atoms. The molecular formula is C19H25IO. The van der Waals surface area contributed by atoms with Gasteiger partial charge in [-0.05, 0) is 67.6 Å². The topological polar surface area (TPSA) is 17.1 Å². The summed E-state index contributed by atoms with van der Waals surface area (Å²) in [5.41, 5.74) is 2.44. The summed E-state index contributed by atoms with van der Waals surface area (Å²) < 4.78 is 0.604. The summed E-state index contributed by atoms with van der Waals surface area (Å²) in [6.07, 6.45) is 8.81. The van der Waals surface area contributed by atoms with Crippen LogP contribution in [-0.2, 0) is 4.79 Å². The maximum atomic E-state index is 13.3. The first kappa shape index (κ1) is 13.6. The largest absolute Gasteiger partial charge is 0.299 e. The smallest absolute Gasteiger partial charge is 0.144 e. The van der Waals surface area contributed by atoms with Gasteiger partial charge in [0, 0.05) is 15.3 Å². The zero-order chi connectivity index (χ0) is 14.8. The van der Waals surface area contributed by atoms with Crippen LogP contribution >= 0.6 is 22.6 Å². The fourth-order valence-electron chi connectivity index (χ4n) is 7.69. The molecule has 114 valence electrons. The summed E-state index contributed by atoms with van der Waals surface area (Å²) in [4.78, 5) is 13.3. The van der Waals surface area contributed by atoms with Gasteiger partial charge in [0.2, 0.25) is 0 Å². The predicted molar refractivity (Wildman–Crippen MR) is 92.3 cm³/mol. The Morgan fingerprint density at radius 2 is 2.05 bits per heavy atom. The second-order valence-electron chi connectivity index (χ2n) is 9.09. The van der Waals surface area contributed by atoms with Gasteiger partial charge in [0.1, 0.15) is 5.78 Å². The summed E-state index contributed by atoms with van der Waals surface area (Å²) in [6, 6.07) is 0. The Morgan fingerprint density at radius 1 is 1.29 bits per heavy atom. The van der Waals surface area contributed by atoms with Gasteiger partial charge in [-0.15, -0.1) is 0 Å². The molecule has 6 aliphatic rings. The molecule has 4 bridgehead atoms. The van der Waals surface area contributed by atoms with Crippen LogP contribution in [-0.4, -0.2) is 9.71 Å². The highest BCUT2D eigenvalue weighted by Crippen LogP contribution is 2.85. The van der Waals surface area contributed by atoms with Crippen LogP contribution < -0.4 is 0 Å². The summed E-state index contributed by atoms with van der Waals surface area (Å²) in [6.45, 7) is 7.30. The van der Waals surface area contributed by atoms with Crippen molar-refractivity contribution in [2.24, 2.45) is 39.9 Å². The molecule has 0 unspecified atom stereocenters. The standard InChI is InChI=1S/C19H25IO/c1-10-5-4-7-17(2)11(10)6-8-19-13(17)9-12-14(15(19)21)18(12,3)16(19)20/h5,11-14,16H,4,6-9H2,1-3H3/t11-,12-,13+,14+,16+,17-,18+,19+/m0/s1. The number of fused-ring (bicyclic) bond motifs is 1. The summed E-state index contributed by atoms with van der Waals surface area (Å²) >= 11 is 2.69. The van der Waals surface area contributed by atoms with E-state index in [0.29, 0.717) is 32.4 Å². The number of ketones is 1. The highest BCUT2D eigenvalue weighted by Gasteiger charge is 2.86. The molecule has 0 aliphatic heterocycles. The number of alkyl halides is 1. The lowest BCUT2D eigenvalue weighted by molar-refractivity contribution is -0.152. The van der Waals surface area contributed by atoms with Gasteiger partial charge >= 0.3 is 0 Å². The first-order valence-corrected chi connectivity index (χ1v) is 9.98. The number of carbonyl (C=O) groups excluding carboxylic acids is 1. The summed E-state index contributed by atoms with van der Waals surface area (Å²) in [5, 5.41) is 0. The van der Waals surface area contributed by atoms with E-state index in [4.69, 9.17) is 0 Å². The molecule has 0 amide bonds. The Morgan fingerprint density at radius 3 is 2.71 bits per heavy atom. The molecule has 6 rings (SSSR count). The molecule has 0 radical (unpaired) electrons. The van der Waals surface area contributed by atoms with Gasteiger partial charge in [0.05, 0.1) is 0 Å². The number of Topliss-reactive ketones (excluding diaryl/α,β-unsaturated/α-hetero) is 1. The lowest BCUT2D eigenvalue weighted by atomic mass is 9.43. The Balaban J connectivity index is 1.66. The van der Waals surface area contributed by atoms with Gasteiger partial charge in [-0.2, -0.15) is 0 Å². The second-order valence-corrected chi connectivity index (χ2v) is 10.3. The monoisotopic (exact) mass is 396 g/mol. The van der Waals surface area contributed by atoms with Crippen molar-refractivity contribution in [2.75, 3.05) is 0 Å². The first-order valence-electron chi connectivity index (χ1n) is 8.73. The number of hydrogen-bond donors (Lipinski definition) is 0. The van der Waals surface area contributed by atoms with Gasteiger partial charge in [-0.25, -0.2) is 0 Å². The number of hydrogen-bond acceptors (Lipinski definition) is 1. The Hall–Kier alpha value is 0.140. The van der Waals surface area contributed by atoms with Crippen LogP contribution in [0.4, 0.5) is 0 Å². The van der Waals surface area contributed by atoms with E-state index in [0.717, 1.165) is 11.8 Å². The second kappa shape index (κ2) is 3.62. The van der Waals surface area contributed by atoms with E-state index in [-0.39, 0.29) is 5.41 Å². The number of rotatable bonds is 0. The van der Waals surface area contributed by atoms with Crippen molar-refractivity contribution in [3.05, 3.63) is 11.6 Å². The third-order valence-corrected chi connectivity index (χ3v) is 11.2. The molecule has 5 saturated carbocycles. The molecule has 2 heteroatoms. The van der Waals surface area contributed by atoms with E-state index >= 15 is 0 Å². The zero-order valence-electron chi connectivity index (χ0n) is 13.3. The molecule has 0 aromatic rings. The van der Waals surface area contributed by atoms with Crippen LogP contribution in [0.15, 0.2) is 11.6 Å². The maximum absolute atomic E-state index is 13.3. The SMILES string of the molecule is CC1=CCC[C@]2(C)[C@H]3C[C@H]4[C@@H]5C(=O)[C@]3(CC[C@@H]12)[C@H](I)[C@]45C.